The van der Waals surface area contributed by atoms with Gasteiger partial charge in [-0.3, -0.25) is 4.79 Å². The normalized spacial score (nSPS) is 16.8. The molecule has 0 aliphatic carbocycles. The number of hydrogen-bond donors (Lipinski definition) is 2. The molecule has 1 saturated heterocycles. The van der Waals surface area contributed by atoms with E-state index in [0.29, 0.717) is 17.7 Å². The van der Waals surface area contributed by atoms with Crippen molar-refractivity contribution in [1.82, 2.24) is 10.2 Å². The number of carbonyl (C=O) groups is 1. The average Bonchev–Trinajstić information content (AvgIpc) is 2.48. The first-order chi connectivity index (χ1) is 9.70. The van der Waals surface area contributed by atoms with Crippen LogP contribution in [0.3, 0.4) is 0 Å². The van der Waals surface area contributed by atoms with Crippen molar-refractivity contribution >= 4 is 5.91 Å². The van der Waals surface area contributed by atoms with Crippen molar-refractivity contribution in [2.45, 2.75) is 19.4 Å². The Balaban J connectivity index is 2.02. The number of piperazine rings is 1. The third kappa shape index (κ3) is 3.95. The van der Waals surface area contributed by atoms with Crippen molar-refractivity contribution in [3.63, 3.8) is 0 Å². The van der Waals surface area contributed by atoms with Crippen LogP contribution in [0.1, 0.15) is 23.7 Å². The Morgan fingerprint density at radius 2 is 2.20 bits per heavy atom. The fraction of sp³-hybridized carbons (Fsp3) is 0.533. The summed E-state index contributed by atoms with van der Waals surface area (Å²) in [5.74, 6) is 0.721. The van der Waals surface area contributed by atoms with E-state index >= 15 is 0 Å². The molecule has 110 valence electrons. The van der Waals surface area contributed by atoms with Gasteiger partial charge in [0.15, 0.2) is 0 Å². The fourth-order valence-electron chi connectivity index (χ4n) is 2.23. The number of nitrogens with zero attached hydrogens (tertiary/aromatic N) is 1. The minimum absolute atomic E-state index is 0.0479. The van der Waals surface area contributed by atoms with Gasteiger partial charge < -0.3 is 20.1 Å². The van der Waals surface area contributed by atoms with E-state index in [2.05, 4.69) is 5.32 Å². The van der Waals surface area contributed by atoms with Crippen LogP contribution in [-0.2, 0) is 0 Å². The monoisotopic (exact) mass is 278 g/mol. The molecule has 0 aromatic heterocycles. The van der Waals surface area contributed by atoms with Crippen LogP contribution < -0.4 is 10.1 Å². The molecule has 1 aliphatic heterocycles. The maximum absolute atomic E-state index is 12.4. The van der Waals surface area contributed by atoms with Crippen LogP contribution in [0.15, 0.2) is 24.3 Å². The zero-order chi connectivity index (χ0) is 14.4. The van der Waals surface area contributed by atoms with Crippen LogP contribution in [0.2, 0.25) is 0 Å². The molecule has 1 fully saturated rings. The highest BCUT2D eigenvalue weighted by Crippen LogP contribution is 2.17. The molecule has 1 aromatic rings. The maximum atomic E-state index is 12.4. The number of amides is 1. The summed E-state index contributed by atoms with van der Waals surface area (Å²) in [5.41, 5.74) is 0.653. The van der Waals surface area contributed by atoms with Gasteiger partial charge in [-0.15, -0.1) is 0 Å². The highest BCUT2D eigenvalue weighted by atomic mass is 16.5. The summed E-state index contributed by atoms with van der Waals surface area (Å²) >= 11 is 0. The van der Waals surface area contributed by atoms with Gasteiger partial charge in [0.05, 0.1) is 6.10 Å². The smallest absolute Gasteiger partial charge is 0.254 e. The fourth-order valence-corrected chi connectivity index (χ4v) is 2.23. The lowest BCUT2D eigenvalue weighted by Crippen LogP contribution is -2.46. The van der Waals surface area contributed by atoms with Gasteiger partial charge in [0.2, 0.25) is 0 Å². The van der Waals surface area contributed by atoms with Crippen molar-refractivity contribution in [2.24, 2.45) is 0 Å². The molecule has 0 spiro atoms. The van der Waals surface area contributed by atoms with E-state index in [-0.39, 0.29) is 18.6 Å². The Hall–Kier alpha value is -1.59. The molecule has 2 rings (SSSR count). The standard InChI is InChI=1S/C15H22N2O3/c1-12(5-10-18)20-14-4-2-3-13(11-14)15(19)17-8-6-16-7-9-17/h2-4,11-12,16,18H,5-10H2,1H3. The minimum atomic E-state index is -0.0652. The van der Waals surface area contributed by atoms with Gasteiger partial charge in [-0.2, -0.15) is 0 Å². The lowest BCUT2D eigenvalue weighted by atomic mass is 10.1. The summed E-state index contributed by atoms with van der Waals surface area (Å²) in [6.45, 7) is 5.17. The average molecular weight is 278 g/mol. The Kier molecular flexibility index (Phi) is 5.38. The summed E-state index contributed by atoms with van der Waals surface area (Å²) in [5, 5.41) is 12.1. The Morgan fingerprint density at radius 1 is 1.45 bits per heavy atom. The minimum Gasteiger partial charge on any atom is -0.491 e. The molecule has 0 saturated carbocycles. The van der Waals surface area contributed by atoms with Crippen molar-refractivity contribution in [3.05, 3.63) is 29.8 Å². The predicted molar refractivity (Wildman–Crippen MR) is 77.0 cm³/mol. The molecule has 0 bridgehead atoms. The van der Waals surface area contributed by atoms with Crippen molar-refractivity contribution in [3.8, 4) is 5.75 Å². The number of carbonyl (C=O) groups excluding carboxylic acids is 1. The van der Waals surface area contributed by atoms with Crippen LogP contribution in [-0.4, -0.2) is 54.8 Å². The molecule has 5 heteroatoms. The van der Waals surface area contributed by atoms with Crippen LogP contribution in [0.25, 0.3) is 0 Å². The third-order valence-corrected chi connectivity index (χ3v) is 3.36. The lowest BCUT2D eigenvalue weighted by molar-refractivity contribution is 0.0734. The highest BCUT2D eigenvalue weighted by Gasteiger charge is 2.18. The van der Waals surface area contributed by atoms with E-state index in [1.807, 2.05) is 30.0 Å². The van der Waals surface area contributed by atoms with E-state index in [0.717, 1.165) is 26.2 Å². The van der Waals surface area contributed by atoms with Crippen LogP contribution in [0, 0.1) is 0 Å². The number of aliphatic hydroxyl groups is 1. The molecular weight excluding hydrogens is 256 g/mol. The Morgan fingerprint density at radius 3 is 2.90 bits per heavy atom. The maximum Gasteiger partial charge on any atom is 0.254 e. The van der Waals surface area contributed by atoms with Crippen molar-refractivity contribution in [1.29, 1.82) is 0 Å². The summed E-state index contributed by atoms with van der Waals surface area (Å²) in [4.78, 5) is 14.2. The van der Waals surface area contributed by atoms with Gasteiger partial charge in [-0.05, 0) is 25.1 Å². The molecule has 1 heterocycles. The SMILES string of the molecule is CC(CCO)Oc1cccc(C(=O)N2CCNCC2)c1. The summed E-state index contributed by atoms with van der Waals surface area (Å²) in [6, 6.07) is 7.25. The second kappa shape index (κ2) is 7.26. The van der Waals surface area contributed by atoms with E-state index in [9.17, 15) is 4.79 Å². The van der Waals surface area contributed by atoms with E-state index in [1.54, 1.807) is 6.07 Å². The van der Waals surface area contributed by atoms with E-state index in [1.165, 1.54) is 0 Å². The first-order valence-electron chi connectivity index (χ1n) is 7.08. The lowest BCUT2D eigenvalue weighted by Gasteiger charge is -2.27. The van der Waals surface area contributed by atoms with Crippen LogP contribution in [0.5, 0.6) is 5.75 Å². The van der Waals surface area contributed by atoms with Gasteiger partial charge in [-0.25, -0.2) is 0 Å². The molecule has 5 nitrogen and oxygen atoms in total. The van der Waals surface area contributed by atoms with Gasteiger partial charge in [0.1, 0.15) is 5.75 Å². The number of aliphatic hydroxyl groups excluding tert-OH is 1. The second-order valence-corrected chi connectivity index (χ2v) is 5.01. The van der Waals surface area contributed by atoms with Crippen LogP contribution >= 0.6 is 0 Å². The van der Waals surface area contributed by atoms with E-state index < -0.39 is 0 Å². The first-order valence-corrected chi connectivity index (χ1v) is 7.08. The zero-order valence-corrected chi connectivity index (χ0v) is 11.8. The number of nitrogens with one attached hydrogen (secondary N) is 1. The second-order valence-electron chi connectivity index (χ2n) is 5.01. The number of ether oxygens (including phenoxy) is 1. The molecule has 1 atom stereocenters. The van der Waals surface area contributed by atoms with Gasteiger partial charge in [0, 0.05) is 44.8 Å². The number of rotatable bonds is 5. The summed E-state index contributed by atoms with van der Waals surface area (Å²) in [6.07, 6.45) is 0.514. The molecule has 1 aliphatic rings. The largest absolute Gasteiger partial charge is 0.491 e. The topological polar surface area (TPSA) is 61.8 Å². The first kappa shape index (κ1) is 14.8. The number of benzene rings is 1. The molecule has 1 aromatic carbocycles. The molecule has 2 N–H and O–H groups in total. The molecular formula is C15H22N2O3. The Labute approximate surface area is 119 Å². The van der Waals surface area contributed by atoms with Gasteiger partial charge in [0.25, 0.3) is 5.91 Å². The van der Waals surface area contributed by atoms with Gasteiger partial charge in [-0.1, -0.05) is 6.07 Å². The Bertz CT molecular complexity index is 444. The third-order valence-electron chi connectivity index (χ3n) is 3.36. The van der Waals surface area contributed by atoms with Gasteiger partial charge >= 0.3 is 0 Å². The molecule has 20 heavy (non-hydrogen) atoms. The molecule has 1 amide bonds. The summed E-state index contributed by atoms with van der Waals surface area (Å²) < 4.78 is 5.69. The quantitative estimate of drug-likeness (QED) is 0.839. The number of hydrogen-bond acceptors (Lipinski definition) is 4. The van der Waals surface area contributed by atoms with Crippen molar-refractivity contribution in [2.75, 3.05) is 32.8 Å². The van der Waals surface area contributed by atoms with E-state index in [4.69, 9.17) is 9.84 Å². The van der Waals surface area contributed by atoms with Crippen molar-refractivity contribution < 1.29 is 14.6 Å². The predicted octanol–water partition coefficient (Wildman–Crippen LogP) is 0.882. The highest BCUT2D eigenvalue weighted by molar-refractivity contribution is 5.94. The molecule has 0 radical (unpaired) electrons. The molecule has 1 unspecified atom stereocenters. The van der Waals surface area contributed by atoms with Crippen LogP contribution in [0.4, 0.5) is 0 Å². The zero-order valence-electron chi connectivity index (χ0n) is 11.8. The summed E-state index contributed by atoms with van der Waals surface area (Å²) in [7, 11) is 0.